The Kier molecular flexibility index (Phi) is 10.8. The molecular weight excluding hydrogens is 1010 g/mol. The van der Waals surface area contributed by atoms with Crippen LogP contribution in [0.2, 0.25) is 0 Å². The van der Waals surface area contributed by atoms with E-state index in [1.54, 1.807) is 0 Å². The van der Waals surface area contributed by atoms with Crippen molar-refractivity contribution in [1.82, 2.24) is 0 Å². The minimum absolute atomic E-state index is 0.0641. The Hall–Kier alpha value is -9.36. The molecule has 0 amide bonds. The molecule has 84 heavy (non-hydrogen) atoms. The number of benzene rings is 12. The van der Waals surface area contributed by atoms with Crippen molar-refractivity contribution in [3.8, 4) is 122 Å². The number of fused-ring (bicyclic) bond motifs is 12. The average molecular weight is 1080 g/mol. The Morgan fingerprint density at radius 3 is 0.714 bits per heavy atom. The highest BCUT2D eigenvalue weighted by molar-refractivity contribution is 5.94. The zero-order chi connectivity index (χ0) is 57.0. The van der Waals surface area contributed by atoms with Gasteiger partial charge in [0.2, 0.25) is 0 Å². The van der Waals surface area contributed by atoms with Gasteiger partial charge in [-0.2, -0.15) is 0 Å². The van der Waals surface area contributed by atoms with Gasteiger partial charge in [-0.05, 0) is 215 Å². The second kappa shape index (κ2) is 18.1. The van der Waals surface area contributed by atoms with Crippen molar-refractivity contribution >= 4 is 0 Å². The van der Waals surface area contributed by atoms with Crippen molar-refractivity contribution in [2.75, 3.05) is 0 Å². The number of hydrogen-bond acceptors (Lipinski definition) is 0. The van der Waals surface area contributed by atoms with Gasteiger partial charge in [0.1, 0.15) is 0 Å². The molecule has 0 heterocycles. The molecule has 0 atom stereocenters. The summed E-state index contributed by atoms with van der Waals surface area (Å²) in [5.74, 6) is 0. The molecule has 402 valence electrons. The molecule has 0 unspecified atom stereocenters. The molecule has 0 radical (unpaired) electrons. The average Bonchev–Trinajstić information content (AvgIpc) is 1.92. The molecule has 0 saturated heterocycles. The minimum Gasteiger partial charge on any atom is -0.0622 e. The van der Waals surface area contributed by atoms with E-state index in [4.69, 9.17) is 0 Å². The Bertz CT molecular complexity index is 4750. The molecule has 4 aliphatic carbocycles. The molecule has 0 aromatic heterocycles. The van der Waals surface area contributed by atoms with E-state index in [1.807, 2.05) is 0 Å². The fraction of sp³-hybridized carbons (Fsp3) is 0.143. The second-order valence-corrected chi connectivity index (χ2v) is 26.4. The van der Waals surface area contributed by atoms with E-state index < -0.39 is 0 Å². The summed E-state index contributed by atoms with van der Waals surface area (Å²) in [6, 6.07) is 97.0. The van der Waals surface area contributed by atoms with Crippen molar-refractivity contribution in [2.24, 2.45) is 0 Å². The largest absolute Gasteiger partial charge is 0.0622 e. The number of hydrogen-bond donors (Lipinski definition) is 0. The number of rotatable bonds is 7. The fourth-order valence-corrected chi connectivity index (χ4v) is 15.6. The van der Waals surface area contributed by atoms with Crippen LogP contribution in [0, 0.1) is 0 Å². The van der Waals surface area contributed by atoms with E-state index in [1.165, 1.54) is 167 Å². The van der Waals surface area contributed by atoms with Crippen LogP contribution in [-0.4, -0.2) is 0 Å². The molecule has 12 aromatic rings. The zero-order valence-electron chi connectivity index (χ0n) is 49.2. The van der Waals surface area contributed by atoms with Gasteiger partial charge in [-0.15, -0.1) is 0 Å². The maximum atomic E-state index is 2.50. The van der Waals surface area contributed by atoms with E-state index in [0.717, 1.165) is 0 Å². The van der Waals surface area contributed by atoms with Gasteiger partial charge < -0.3 is 0 Å². The molecular formula is C84H66. The predicted molar refractivity (Wildman–Crippen MR) is 355 cm³/mol. The third-order valence-electron chi connectivity index (χ3n) is 20.3. The highest BCUT2D eigenvalue weighted by Gasteiger charge is 2.40. The predicted octanol–water partition coefficient (Wildman–Crippen LogP) is 22.6. The van der Waals surface area contributed by atoms with Gasteiger partial charge in [-0.3, -0.25) is 0 Å². The normalized spacial score (nSPS) is 15.3. The van der Waals surface area contributed by atoms with Gasteiger partial charge in [0, 0.05) is 21.7 Å². The van der Waals surface area contributed by atoms with Gasteiger partial charge in [0.15, 0.2) is 0 Å². The van der Waals surface area contributed by atoms with E-state index in [-0.39, 0.29) is 21.7 Å². The van der Waals surface area contributed by atoms with Crippen molar-refractivity contribution in [3.63, 3.8) is 0 Å². The monoisotopic (exact) mass is 1070 g/mol. The third kappa shape index (κ3) is 7.39. The summed E-state index contributed by atoms with van der Waals surface area (Å²) in [5, 5.41) is 0. The first-order chi connectivity index (χ1) is 40.6. The van der Waals surface area contributed by atoms with E-state index in [9.17, 15) is 0 Å². The van der Waals surface area contributed by atoms with E-state index >= 15 is 0 Å². The second-order valence-electron chi connectivity index (χ2n) is 26.4. The van der Waals surface area contributed by atoms with Crippen molar-refractivity contribution in [1.29, 1.82) is 0 Å². The lowest BCUT2D eigenvalue weighted by Gasteiger charge is -2.24. The maximum Gasteiger partial charge on any atom is 0.0159 e. The van der Waals surface area contributed by atoms with Crippen LogP contribution in [-0.2, 0) is 21.7 Å². The SMILES string of the molecule is CC1(C)c2ccccc2-c2ccc(-c3ccc(-c4ccccc4)c(-c4ccc5c(c4)C(C)(C)c4cc(-c6ccc7c(c6)C(C)(C)c6cc(-c8ccc9c(c8)C(C)(C)c8cc(-c%10ccccc%10-c%10ccccc%10)ccc8-9)ccc6-7)ccc4-5)c3)cc21. The van der Waals surface area contributed by atoms with Crippen LogP contribution in [0.3, 0.4) is 0 Å². The highest BCUT2D eigenvalue weighted by atomic mass is 14.4. The van der Waals surface area contributed by atoms with Gasteiger partial charge in [0.05, 0.1) is 0 Å². The summed E-state index contributed by atoms with van der Waals surface area (Å²) >= 11 is 0. The zero-order valence-corrected chi connectivity index (χ0v) is 49.2. The first-order valence-electron chi connectivity index (χ1n) is 30.1. The van der Waals surface area contributed by atoms with Crippen LogP contribution in [0.1, 0.15) is 99.9 Å². The molecule has 0 nitrogen and oxygen atoms in total. The third-order valence-corrected chi connectivity index (χ3v) is 20.3. The molecule has 12 aromatic carbocycles. The fourth-order valence-electron chi connectivity index (χ4n) is 15.6. The Balaban J connectivity index is 0.696. The highest BCUT2D eigenvalue weighted by Crippen LogP contribution is 2.56. The van der Waals surface area contributed by atoms with Crippen molar-refractivity contribution < 1.29 is 0 Å². The van der Waals surface area contributed by atoms with Crippen LogP contribution in [0.4, 0.5) is 0 Å². The van der Waals surface area contributed by atoms with E-state index in [2.05, 4.69) is 310 Å². The summed E-state index contributed by atoms with van der Waals surface area (Å²) in [6.45, 7) is 19.2. The van der Waals surface area contributed by atoms with Crippen LogP contribution >= 0.6 is 0 Å². The Morgan fingerprint density at radius 2 is 0.357 bits per heavy atom. The van der Waals surface area contributed by atoms with Crippen LogP contribution < -0.4 is 0 Å². The van der Waals surface area contributed by atoms with Crippen LogP contribution in [0.5, 0.6) is 0 Å². The maximum absolute atomic E-state index is 2.50. The Labute approximate surface area is 495 Å². The molecule has 0 heteroatoms. The first kappa shape index (κ1) is 50.4. The van der Waals surface area contributed by atoms with Crippen LogP contribution in [0.25, 0.3) is 122 Å². The smallest absolute Gasteiger partial charge is 0.0159 e. The minimum atomic E-state index is -0.211. The molecule has 16 rings (SSSR count). The summed E-state index contributed by atoms with van der Waals surface area (Å²) < 4.78 is 0. The Morgan fingerprint density at radius 1 is 0.143 bits per heavy atom. The topological polar surface area (TPSA) is 0 Å². The lowest BCUT2D eigenvalue weighted by molar-refractivity contribution is 0.659. The molecule has 0 aliphatic heterocycles. The summed E-state index contributed by atoms with van der Waals surface area (Å²) in [4.78, 5) is 0. The molecule has 0 bridgehead atoms. The van der Waals surface area contributed by atoms with Crippen LogP contribution in [0.15, 0.2) is 255 Å². The quantitative estimate of drug-likeness (QED) is 0.149. The van der Waals surface area contributed by atoms with E-state index in [0.29, 0.717) is 0 Å². The molecule has 0 saturated carbocycles. The summed E-state index contributed by atoms with van der Waals surface area (Å²) in [5.41, 5.74) is 38.8. The standard InChI is InChI=1S/C84H66/c1-81(2)73-26-18-17-25-64(73)65-36-28-54(44-74(65)81)53-27-35-63(52-21-13-10-14-22-52)72(43-53)60-34-42-71-69-40-32-58(48-78(69)84(7,8)80(71)50-60)56-30-38-67-66-37-29-55(45-75(66)82(3,4)76(67)46-56)57-31-39-68-70-41-33-59(49-79(70)83(5,6)77(68)47-57)62-24-16-15-23-61(62)51-19-11-9-12-20-51/h9-50H,1-8H3. The van der Waals surface area contributed by atoms with Crippen molar-refractivity contribution in [3.05, 3.63) is 299 Å². The van der Waals surface area contributed by atoms with Gasteiger partial charge in [-0.25, -0.2) is 0 Å². The molecule has 0 N–H and O–H groups in total. The molecule has 0 spiro atoms. The van der Waals surface area contributed by atoms with Gasteiger partial charge in [0.25, 0.3) is 0 Å². The lowest BCUT2D eigenvalue weighted by atomic mass is 9.79. The van der Waals surface area contributed by atoms with Gasteiger partial charge in [-0.1, -0.05) is 262 Å². The molecule has 0 fully saturated rings. The summed E-state index contributed by atoms with van der Waals surface area (Å²) in [6.07, 6.45) is 0. The lowest BCUT2D eigenvalue weighted by Crippen LogP contribution is -2.16. The molecule has 4 aliphatic rings. The first-order valence-corrected chi connectivity index (χ1v) is 30.1. The summed E-state index contributed by atoms with van der Waals surface area (Å²) in [7, 11) is 0. The van der Waals surface area contributed by atoms with Crippen molar-refractivity contribution in [2.45, 2.75) is 77.0 Å². The van der Waals surface area contributed by atoms with Gasteiger partial charge >= 0.3 is 0 Å².